The smallest absolute Gasteiger partial charge is 0.338 e. The van der Waals surface area contributed by atoms with E-state index in [-0.39, 0.29) is 29.9 Å². The van der Waals surface area contributed by atoms with Crippen molar-refractivity contribution in [2.24, 2.45) is 5.41 Å². The first-order chi connectivity index (χ1) is 24.0. The molecular formula is C41H42Cl2N2O4Si. The lowest BCUT2D eigenvalue weighted by Gasteiger charge is -2.35. The third-order valence-corrected chi connectivity index (χ3v) is 11.8. The van der Waals surface area contributed by atoms with Crippen molar-refractivity contribution in [1.29, 1.82) is 0 Å². The van der Waals surface area contributed by atoms with Gasteiger partial charge >= 0.3 is 5.97 Å². The fourth-order valence-corrected chi connectivity index (χ4v) is 8.91. The summed E-state index contributed by atoms with van der Waals surface area (Å²) in [6.45, 7) is 8.91. The number of carbonyl (C=O) groups is 2. The number of hydrogen-bond donors (Lipinski definition) is 1. The summed E-state index contributed by atoms with van der Waals surface area (Å²) in [7, 11) is -2.06. The van der Waals surface area contributed by atoms with Gasteiger partial charge in [-0.25, -0.2) is 4.79 Å². The molecule has 0 aliphatic heterocycles. The molecule has 1 atom stereocenters. The van der Waals surface area contributed by atoms with E-state index in [4.69, 9.17) is 32.4 Å². The second kappa shape index (κ2) is 17.0. The van der Waals surface area contributed by atoms with E-state index in [1.807, 2.05) is 47.2 Å². The highest BCUT2D eigenvalue weighted by molar-refractivity contribution is 6.80. The summed E-state index contributed by atoms with van der Waals surface area (Å²) in [4.78, 5) is 24.7. The maximum Gasteiger partial charge on any atom is 0.338 e. The number of hydrogen-bond acceptors (Lipinski definition) is 4. The van der Waals surface area contributed by atoms with E-state index in [1.54, 1.807) is 37.3 Å². The number of ether oxygens (including phenoxy) is 1. The van der Waals surface area contributed by atoms with Crippen molar-refractivity contribution >= 4 is 60.6 Å². The van der Waals surface area contributed by atoms with Crippen LogP contribution in [0.4, 0.5) is 0 Å². The number of esters is 1. The minimum absolute atomic E-state index is 0.179. The summed E-state index contributed by atoms with van der Waals surface area (Å²) in [5.41, 5.74) is 3.48. The lowest BCUT2D eigenvalue weighted by Crippen LogP contribution is -2.50. The fraction of sp³-hybridized carbons (Fsp3) is 0.220. The van der Waals surface area contributed by atoms with Crippen LogP contribution in [0.15, 0.2) is 121 Å². The topological polar surface area (TPSA) is 69.6 Å². The molecule has 0 spiro atoms. The van der Waals surface area contributed by atoms with Crippen LogP contribution in [-0.4, -0.2) is 38.2 Å². The number of nitrogens with one attached hydrogen (secondary N) is 1. The molecule has 0 aliphatic carbocycles. The number of amides is 1. The Bertz CT molecular complexity index is 1880. The van der Waals surface area contributed by atoms with Gasteiger partial charge in [-0.3, -0.25) is 4.79 Å². The Kier molecular flexibility index (Phi) is 12.5. The van der Waals surface area contributed by atoms with Gasteiger partial charge < -0.3 is 19.0 Å². The third kappa shape index (κ3) is 9.43. The van der Waals surface area contributed by atoms with Gasteiger partial charge in [-0.15, -0.1) is 0 Å². The molecule has 0 bridgehead atoms. The van der Waals surface area contributed by atoms with Crippen molar-refractivity contribution in [3.63, 3.8) is 0 Å². The first kappa shape index (κ1) is 36.9. The average Bonchev–Trinajstić information content (AvgIpc) is 3.58. The number of halogens is 2. The van der Waals surface area contributed by atoms with Crippen LogP contribution < -0.4 is 15.7 Å². The molecule has 1 N–H and O–H groups in total. The molecule has 0 radical (unpaired) electrons. The molecule has 0 aliphatic rings. The summed E-state index contributed by atoms with van der Waals surface area (Å²) >= 11 is 14.1. The first-order valence-electron chi connectivity index (χ1n) is 16.7. The first-order valence-corrected chi connectivity index (χ1v) is 19.0. The lowest BCUT2D eigenvalue weighted by molar-refractivity contribution is -0.116. The highest BCUT2D eigenvalue weighted by Crippen LogP contribution is 2.36. The Morgan fingerprint density at radius 1 is 0.860 bits per heavy atom. The number of rotatable bonds is 13. The quantitative estimate of drug-likeness (QED) is 0.0765. The molecule has 5 aromatic rings. The van der Waals surface area contributed by atoms with Gasteiger partial charge in [-0.2, -0.15) is 0 Å². The zero-order valence-electron chi connectivity index (χ0n) is 28.7. The molecule has 0 fully saturated rings. The SMILES string of the molecule is CCOC(=O)c1ccc(C=CC(=O)NCc2cccn2-c2ccc(Cl)c(CC(O[SiH](c3ccccc3)c3ccccc3)C(C)(C)C)c2Cl)cc1. The standard InChI is InChI=1S/C41H42Cl2N2O4Si/c1-5-48-40(47)30-21-18-29(19-22-30)20-25-38(46)44-28-31-13-12-26-45(31)36-24-23-35(42)34(39(36)43)27-37(41(2,3)4)49-50(32-14-8-6-9-15-32)33-16-10-7-11-17-33/h6-26,37,50H,5,27-28H2,1-4H3,(H,44,46). The Hall–Kier alpha value is -4.40. The number of nitrogens with zero attached hydrogens (tertiary/aromatic N) is 1. The van der Waals surface area contributed by atoms with Crippen molar-refractivity contribution in [1.82, 2.24) is 9.88 Å². The van der Waals surface area contributed by atoms with Gasteiger partial charge in [-0.1, -0.05) is 117 Å². The molecule has 50 heavy (non-hydrogen) atoms. The molecule has 0 saturated heterocycles. The predicted molar refractivity (Wildman–Crippen MR) is 206 cm³/mol. The second-order valence-electron chi connectivity index (χ2n) is 13.0. The Morgan fingerprint density at radius 3 is 2.10 bits per heavy atom. The fourth-order valence-electron chi connectivity index (χ4n) is 5.62. The minimum Gasteiger partial charge on any atom is -0.462 e. The van der Waals surface area contributed by atoms with Crippen LogP contribution in [0.5, 0.6) is 0 Å². The van der Waals surface area contributed by atoms with Crippen molar-refractivity contribution < 1.29 is 18.8 Å². The van der Waals surface area contributed by atoms with Crippen molar-refractivity contribution in [2.75, 3.05) is 6.61 Å². The molecule has 4 aromatic carbocycles. The van der Waals surface area contributed by atoms with Crippen LogP contribution in [0.1, 0.15) is 54.9 Å². The predicted octanol–water partition coefficient (Wildman–Crippen LogP) is 7.80. The zero-order valence-corrected chi connectivity index (χ0v) is 31.4. The monoisotopic (exact) mass is 724 g/mol. The second-order valence-corrected chi connectivity index (χ2v) is 16.2. The van der Waals surface area contributed by atoms with E-state index in [0.29, 0.717) is 28.6 Å². The summed E-state index contributed by atoms with van der Waals surface area (Å²) in [5.74, 6) is -0.628. The van der Waals surface area contributed by atoms with Crippen LogP contribution in [0, 0.1) is 5.41 Å². The lowest BCUT2D eigenvalue weighted by atomic mass is 9.85. The number of aromatic nitrogens is 1. The zero-order chi connectivity index (χ0) is 35.7. The van der Waals surface area contributed by atoms with Crippen molar-refractivity contribution in [3.05, 3.63) is 154 Å². The number of carbonyl (C=O) groups excluding carboxylic acids is 2. The normalized spacial score (nSPS) is 12.3. The van der Waals surface area contributed by atoms with Gasteiger partial charge in [0.2, 0.25) is 14.9 Å². The van der Waals surface area contributed by atoms with Crippen molar-refractivity contribution in [2.45, 2.75) is 46.8 Å². The van der Waals surface area contributed by atoms with Gasteiger partial charge in [0.15, 0.2) is 0 Å². The molecule has 1 amide bonds. The Morgan fingerprint density at radius 2 is 1.50 bits per heavy atom. The van der Waals surface area contributed by atoms with E-state index in [2.05, 4.69) is 74.6 Å². The van der Waals surface area contributed by atoms with Gasteiger partial charge in [0, 0.05) is 29.4 Å². The van der Waals surface area contributed by atoms with E-state index >= 15 is 0 Å². The molecule has 1 unspecified atom stereocenters. The molecule has 1 aromatic heterocycles. The van der Waals surface area contributed by atoms with Gasteiger partial charge in [0.1, 0.15) is 0 Å². The maximum absolute atomic E-state index is 12.8. The molecule has 5 rings (SSSR count). The molecular weight excluding hydrogens is 683 g/mol. The van der Waals surface area contributed by atoms with Crippen LogP contribution in [0.3, 0.4) is 0 Å². The third-order valence-electron chi connectivity index (χ3n) is 8.41. The molecule has 6 nitrogen and oxygen atoms in total. The largest absolute Gasteiger partial charge is 0.462 e. The van der Waals surface area contributed by atoms with Crippen molar-refractivity contribution in [3.8, 4) is 5.69 Å². The number of benzene rings is 4. The van der Waals surface area contributed by atoms with Crippen LogP contribution in [0.25, 0.3) is 11.8 Å². The average molecular weight is 726 g/mol. The van der Waals surface area contributed by atoms with Gasteiger partial charge in [0.25, 0.3) is 0 Å². The van der Waals surface area contributed by atoms with Crippen LogP contribution in [0.2, 0.25) is 10.0 Å². The summed E-state index contributed by atoms with van der Waals surface area (Å²) in [6.07, 6.45) is 5.43. The van der Waals surface area contributed by atoms with Crippen LogP contribution >= 0.6 is 23.2 Å². The van der Waals surface area contributed by atoms with E-state index in [9.17, 15) is 9.59 Å². The van der Waals surface area contributed by atoms with Gasteiger partial charge in [0.05, 0.1) is 35.5 Å². The summed E-state index contributed by atoms with van der Waals surface area (Å²) < 4.78 is 14.1. The maximum atomic E-state index is 12.8. The highest BCUT2D eigenvalue weighted by Gasteiger charge is 2.32. The molecule has 9 heteroatoms. The molecule has 258 valence electrons. The summed E-state index contributed by atoms with van der Waals surface area (Å²) in [5, 5.41) is 6.50. The van der Waals surface area contributed by atoms with E-state index in [0.717, 1.165) is 22.5 Å². The minimum atomic E-state index is -2.06. The highest BCUT2D eigenvalue weighted by atomic mass is 35.5. The van der Waals surface area contributed by atoms with Crippen LogP contribution in [-0.2, 0) is 26.9 Å². The molecule has 1 heterocycles. The Labute approximate surface area is 306 Å². The van der Waals surface area contributed by atoms with E-state index in [1.165, 1.54) is 16.4 Å². The van der Waals surface area contributed by atoms with Gasteiger partial charge in [-0.05, 0) is 76.3 Å². The Balaban J connectivity index is 1.33. The summed E-state index contributed by atoms with van der Waals surface area (Å²) in [6, 6.07) is 35.4. The van der Waals surface area contributed by atoms with E-state index < -0.39 is 9.04 Å². The molecule has 0 saturated carbocycles.